The number of rotatable bonds is 6. The van der Waals surface area contributed by atoms with Gasteiger partial charge in [-0.05, 0) is 44.5 Å². The molecule has 6 nitrogen and oxygen atoms in total. The van der Waals surface area contributed by atoms with Crippen LogP contribution in [0.5, 0.6) is 5.75 Å². The summed E-state index contributed by atoms with van der Waals surface area (Å²) in [6.07, 6.45) is 6.61. The van der Waals surface area contributed by atoms with E-state index in [0.29, 0.717) is 18.1 Å². The molecule has 0 aromatic carbocycles. The average molecular weight is 278 g/mol. The highest BCUT2D eigenvalue weighted by Gasteiger charge is 2.09. The number of pyridine rings is 1. The highest BCUT2D eigenvalue weighted by atomic mass is 16.5. The van der Waals surface area contributed by atoms with E-state index in [4.69, 9.17) is 15.7 Å². The summed E-state index contributed by atoms with van der Waals surface area (Å²) in [5, 5.41) is 11.4. The molecule has 0 spiro atoms. The maximum absolute atomic E-state index is 8.54. The van der Waals surface area contributed by atoms with Crippen LogP contribution in [0.3, 0.4) is 0 Å². The van der Waals surface area contributed by atoms with Crippen molar-refractivity contribution in [1.29, 1.82) is 0 Å². The van der Waals surface area contributed by atoms with Crippen LogP contribution >= 0.6 is 0 Å². The number of amidine groups is 1. The largest absolute Gasteiger partial charge is 0.492 e. The van der Waals surface area contributed by atoms with Gasteiger partial charge in [0.25, 0.3) is 0 Å². The maximum atomic E-state index is 8.54. The summed E-state index contributed by atoms with van der Waals surface area (Å²) < 4.78 is 5.63. The number of aromatic nitrogens is 1. The van der Waals surface area contributed by atoms with Crippen molar-refractivity contribution >= 4 is 5.84 Å². The minimum atomic E-state index is 0.00153. The Hall–Kier alpha value is -1.82. The Morgan fingerprint density at radius 2 is 2.15 bits per heavy atom. The van der Waals surface area contributed by atoms with Gasteiger partial charge >= 0.3 is 0 Å². The van der Waals surface area contributed by atoms with E-state index in [9.17, 15) is 0 Å². The topological polar surface area (TPSA) is 84.0 Å². The van der Waals surface area contributed by atoms with Crippen LogP contribution in [-0.4, -0.2) is 47.2 Å². The van der Waals surface area contributed by atoms with Crippen LogP contribution in [0.15, 0.2) is 23.5 Å². The van der Waals surface area contributed by atoms with Crippen LogP contribution in [0.2, 0.25) is 0 Å². The molecular weight excluding hydrogens is 256 g/mol. The lowest BCUT2D eigenvalue weighted by Crippen LogP contribution is -2.31. The predicted molar refractivity (Wildman–Crippen MR) is 77.2 cm³/mol. The van der Waals surface area contributed by atoms with Crippen LogP contribution in [0, 0.1) is 0 Å². The lowest BCUT2D eigenvalue weighted by Gasteiger charge is -2.26. The fourth-order valence-corrected chi connectivity index (χ4v) is 2.33. The van der Waals surface area contributed by atoms with E-state index in [0.717, 1.165) is 13.0 Å². The number of nitrogens with two attached hydrogens (primary N) is 1. The summed E-state index contributed by atoms with van der Waals surface area (Å²) in [7, 11) is 0. The van der Waals surface area contributed by atoms with Gasteiger partial charge in [0.1, 0.15) is 11.4 Å². The zero-order chi connectivity index (χ0) is 14.2. The molecule has 1 aromatic heterocycles. The van der Waals surface area contributed by atoms with E-state index < -0.39 is 0 Å². The number of hydrogen-bond acceptors (Lipinski definition) is 5. The van der Waals surface area contributed by atoms with E-state index >= 15 is 0 Å². The number of likely N-dealkylation sites (tertiary alicyclic amines) is 1. The molecule has 3 N–H and O–H groups in total. The molecule has 1 aromatic rings. The molecule has 6 heteroatoms. The Labute approximate surface area is 119 Å². The molecule has 1 saturated heterocycles. The molecule has 1 aliphatic rings. The van der Waals surface area contributed by atoms with E-state index in [-0.39, 0.29) is 5.84 Å². The second kappa shape index (κ2) is 7.69. The van der Waals surface area contributed by atoms with Crippen molar-refractivity contribution in [3.63, 3.8) is 0 Å². The third-order valence-electron chi connectivity index (χ3n) is 3.44. The van der Waals surface area contributed by atoms with Gasteiger partial charge in [-0.3, -0.25) is 0 Å². The predicted octanol–water partition coefficient (Wildman–Crippen LogP) is 1.43. The smallest absolute Gasteiger partial charge is 0.188 e. The van der Waals surface area contributed by atoms with E-state index in [1.54, 1.807) is 18.3 Å². The van der Waals surface area contributed by atoms with Crippen molar-refractivity contribution in [2.75, 3.05) is 26.2 Å². The SMILES string of the molecule is NC(=NO)c1ccc(OCCCN2CCCCC2)cn1. The summed E-state index contributed by atoms with van der Waals surface area (Å²) in [5.74, 6) is 0.708. The fourth-order valence-electron chi connectivity index (χ4n) is 2.33. The van der Waals surface area contributed by atoms with Gasteiger partial charge in [-0.25, -0.2) is 4.98 Å². The molecule has 0 saturated carbocycles. The zero-order valence-electron chi connectivity index (χ0n) is 11.7. The van der Waals surface area contributed by atoms with Crippen LogP contribution in [0.1, 0.15) is 31.4 Å². The maximum Gasteiger partial charge on any atom is 0.188 e. The molecule has 20 heavy (non-hydrogen) atoms. The average Bonchev–Trinajstić information content (AvgIpc) is 2.52. The first-order valence-electron chi connectivity index (χ1n) is 7.08. The van der Waals surface area contributed by atoms with Crippen LogP contribution in [0.4, 0.5) is 0 Å². The summed E-state index contributed by atoms with van der Waals surface area (Å²) in [6.45, 7) is 4.21. The van der Waals surface area contributed by atoms with Crippen molar-refractivity contribution in [3.8, 4) is 5.75 Å². The number of piperidine rings is 1. The van der Waals surface area contributed by atoms with Gasteiger partial charge < -0.3 is 20.6 Å². The molecule has 0 unspecified atom stereocenters. The van der Waals surface area contributed by atoms with E-state index in [2.05, 4.69) is 15.0 Å². The van der Waals surface area contributed by atoms with Gasteiger partial charge in [-0.1, -0.05) is 11.6 Å². The Morgan fingerprint density at radius 3 is 2.80 bits per heavy atom. The Morgan fingerprint density at radius 1 is 1.35 bits per heavy atom. The van der Waals surface area contributed by atoms with Gasteiger partial charge in [-0.15, -0.1) is 0 Å². The number of ether oxygens (including phenoxy) is 1. The van der Waals surface area contributed by atoms with Gasteiger partial charge in [0, 0.05) is 6.54 Å². The molecule has 1 aliphatic heterocycles. The Kier molecular flexibility index (Phi) is 5.61. The quantitative estimate of drug-likeness (QED) is 0.270. The third kappa shape index (κ3) is 4.38. The van der Waals surface area contributed by atoms with Crippen molar-refractivity contribution in [1.82, 2.24) is 9.88 Å². The summed E-state index contributed by atoms with van der Waals surface area (Å²) >= 11 is 0. The first-order chi connectivity index (χ1) is 9.79. The standard InChI is InChI=1S/C14H22N4O2/c15-14(17-19)13-6-5-12(11-16-13)20-10-4-9-18-7-2-1-3-8-18/h5-6,11,19H,1-4,7-10H2,(H2,15,17). The first-order valence-corrected chi connectivity index (χ1v) is 7.08. The summed E-state index contributed by atoms with van der Waals surface area (Å²) in [6, 6.07) is 3.45. The van der Waals surface area contributed by atoms with E-state index in [1.807, 2.05) is 0 Å². The van der Waals surface area contributed by atoms with Crippen LogP contribution in [-0.2, 0) is 0 Å². The molecule has 1 fully saturated rings. The molecule has 2 rings (SSSR count). The molecule has 110 valence electrons. The first kappa shape index (κ1) is 14.6. The molecule has 0 radical (unpaired) electrons. The van der Waals surface area contributed by atoms with Gasteiger partial charge in [0.2, 0.25) is 0 Å². The Bertz CT molecular complexity index is 427. The molecule has 0 aliphatic carbocycles. The lowest BCUT2D eigenvalue weighted by molar-refractivity contribution is 0.205. The monoisotopic (exact) mass is 278 g/mol. The molecule has 0 atom stereocenters. The number of hydrogen-bond donors (Lipinski definition) is 2. The summed E-state index contributed by atoms with van der Waals surface area (Å²) in [4.78, 5) is 6.56. The van der Waals surface area contributed by atoms with Crippen LogP contribution < -0.4 is 10.5 Å². The Balaban J connectivity index is 1.68. The van der Waals surface area contributed by atoms with Crippen LogP contribution in [0.25, 0.3) is 0 Å². The van der Waals surface area contributed by atoms with E-state index in [1.165, 1.54) is 32.4 Å². The van der Waals surface area contributed by atoms with Gasteiger partial charge in [0.05, 0.1) is 12.8 Å². The highest BCUT2D eigenvalue weighted by molar-refractivity contribution is 5.95. The molecule has 0 amide bonds. The fraction of sp³-hybridized carbons (Fsp3) is 0.571. The summed E-state index contributed by atoms with van der Waals surface area (Å²) in [5.41, 5.74) is 5.88. The highest BCUT2D eigenvalue weighted by Crippen LogP contribution is 2.11. The number of oxime groups is 1. The zero-order valence-corrected chi connectivity index (χ0v) is 11.7. The minimum absolute atomic E-state index is 0.00153. The molecule has 0 bridgehead atoms. The molecule has 2 heterocycles. The van der Waals surface area contributed by atoms with Crippen molar-refractivity contribution in [2.45, 2.75) is 25.7 Å². The van der Waals surface area contributed by atoms with Crippen molar-refractivity contribution < 1.29 is 9.94 Å². The van der Waals surface area contributed by atoms with Gasteiger partial charge in [0.15, 0.2) is 5.84 Å². The number of nitrogens with zero attached hydrogens (tertiary/aromatic N) is 3. The van der Waals surface area contributed by atoms with Crippen molar-refractivity contribution in [3.05, 3.63) is 24.0 Å². The normalized spacial score (nSPS) is 17.1. The second-order valence-corrected chi connectivity index (χ2v) is 4.97. The minimum Gasteiger partial charge on any atom is -0.492 e. The van der Waals surface area contributed by atoms with Gasteiger partial charge in [-0.2, -0.15) is 0 Å². The second-order valence-electron chi connectivity index (χ2n) is 4.97. The van der Waals surface area contributed by atoms with Crippen molar-refractivity contribution in [2.24, 2.45) is 10.9 Å². The third-order valence-corrected chi connectivity index (χ3v) is 3.44. The molecular formula is C14H22N4O2. The lowest BCUT2D eigenvalue weighted by atomic mass is 10.1.